The van der Waals surface area contributed by atoms with Gasteiger partial charge in [-0.25, -0.2) is 0 Å². The van der Waals surface area contributed by atoms with Crippen LogP contribution in [0.15, 0.2) is 18.2 Å². The molecule has 1 aliphatic rings. The van der Waals surface area contributed by atoms with Gasteiger partial charge in [0, 0.05) is 44.5 Å². The topological polar surface area (TPSA) is 43.0 Å². The molecule has 0 aromatic heterocycles. The zero-order valence-electron chi connectivity index (χ0n) is 12.5. The van der Waals surface area contributed by atoms with Gasteiger partial charge in [0.15, 0.2) is 11.5 Å². The zero-order chi connectivity index (χ0) is 14.4. The first-order chi connectivity index (χ1) is 9.74. The summed E-state index contributed by atoms with van der Waals surface area (Å²) in [6.07, 6.45) is 0. The molecule has 1 aromatic rings. The number of hydrogen-bond acceptors (Lipinski definition) is 5. The van der Waals surface area contributed by atoms with Gasteiger partial charge in [0.2, 0.25) is 0 Å². The zero-order valence-corrected chi connectivity index (χ0v) is 12.5. The van der Waals surface area contributed by atoms with E-state index in [0.29, 0.717) is 19.3 Å². The fourth-order valence-electron chi connectivity index (χ4n) is 2.37. The molecular formula is C15H24N2O3. The first kappa shape index (κ1) is 14.9. The van der Waals surface area contributed by atoms with Gasteiger partial charge in [-0.05, 0) is 19.1 Å². The van der Waals surface area contributed by atoms with Crippen molar-refractivity contribution in [3.05, 3.63) is 18.2 Å². The van der Waals surface area contributed by atoms with Crippen LogP contribution < -0.4 is 19.7 Å². The fourth-order valence-corrected chi connectivity index (χ4v) is 2.37. The highest BCUT2D eigenvalue weighted by atomic mass is 16.5. The van der Waals surface area contributed by atoms with Gasteiger partial charge in [0.1, 0.15) is 6.61 Å². The molecule has 1 saturated heterocycles. The van der Waals surface area contributed by atoms with Crippen molar-refractivity contribution < 1.29 is 14.2 Å². The van der Waals surface area contributed by atoms with E-state index in [4.69, 9.17) is 14.2 Å². The fraction of sp³-hybridized carbons (Fsp3) is 0.600. The molecule has 0 aliphatic carbocycles. The van der Waals surface area contributed by atoms with Gasteiger partial charge in [-0.15, -0.1) is 0 Å². The van der Waals surface area contributed by atoms with Crippen LogP contribution in [0.2, 0.25) is 0 Å². The van der Waals surface area contributed by atoms with Crippen molar-refractivity contribution in [1.29, 1.82) is 0 Å². The highest BCUT2D eigenvalue weighted by molar-refractivity contribution is 5.56. The van der Waals surface area contributed by atoms with E-state index in [1.54, 1.807) is 14.2 Å². The third-order valence-corrected chi connectivity index (χ3v) is 3.43. The Morgan fingerprint density at radius 3 is 2.80 bits per heavy atom. The van der Waals surface area contributed by atoms with Crippen molar-refractivity contribution in [3.63, 3.8) is 0 Å². The lowest BCUT2D eigenvalue weighted by atomic mass is 10.2. The van der Waals surface area contributed by atoms with Crippen LogP contribution in [0.3, 0.4) is 0 Å². The Labute approximate surface area is 120 Å². The third-order valence-electron chi connectivity index (χ3n) is 3.43. The average Bonchev–Trinajstić information content (AvgIpc) is 2.47. The van der Waals surface area contributed by atoms with Crippen LogP contribution in [0.5, 0.6) is 11.5 Å². The number of anilines is 1. The Bertz CT molecular complexity index is 426. The van der Waals surface area contributed by atoms with Crippen molar-refractivity contribution in [2.24, 2.45) is 0 Å². The summed E-state index contributed by atoms with van der Waals surface area (Å²) in [5, 5.41) is 3.44. The van der Waals surface area contributed by atoms with Crippen LogP contribution >= 0.6 is 0 Å². The van der Waals surface area contributed by atoms with Gasteiger partial charge in [-0.2, -0.15) is 0 Å². The molecule has 1 aromatic carbocycles. The van der Waals surface area contributed by atoms with E-state index in [2.05, 4.69) is 23.2 Å². The third kappa shape index (κ3) is 3.77. The van der Waals surface area contributed by atoms with Gasteiger partial charge in [0.05, 0.1) is 13.7 Å². The lowest BCUT2D eigenvalue weighted by Crippen LogP contribution is -2.49. The van der Waals surface area contributed by atoms with Crippen LogP contribution in [0.25, 0.3) is 0 Å². The van der Waals surface area contributed by atoms with E-state index in [1.807, 2.05) is 12.1 Å². The van der Waals surface area contributed by atoms with Gasteiger partial charge in [-0.3, -0.25) is 0 Å². The van der Waals surface area contributed by atoms with Crippen LogP contribution in [0.1, 0.15) is 6.92 Å². The Kier molecular flexibility index (Phi) is 5.49. The van der Waals surface area contributed by atoms with E-state index in [-0.39, 0.29) is 0 Å². The predicted octanol–water partition coefficient (Wildman–Crippen LogP) is 1.52. The highest BCUT2D eigenvalue weighted by Crippen LogP contribution is 2.32. The summed E-state index contributed by atoms with van der Waals surface area (Å²) in [7, 11) is 3.33. The minimum Gasteiger partial charge on any atom is -0.493 e. The number of ether oxygens (including phenoxy) is 3. The normalized spacial score (nSPS) is 18.9. The summed E-state index contributed by atoms with van der Waals surface area (Å²) in [5.41, 5.74) is 1.18. The number of rotatable bonds is 6. The number of nitrogens with one attached hydrogen (secondary N) is 1. The molecule has 0 spiro atoms. The van der Waals surface area contributed by atoms with Crippen molar-refractivity contribution in [2.75, 3.05) is 52.0 Å². The maximum Gasteiger partial charge on any atom is 0.162 e. The standard InChI is InChI=1S/C15H24N2O3/c1-12-11-17(7-6-16-12)13-4-5-14(15(10-13)19-3)20-9-8-18-2/h4-5,10,12,16H,6-9,11H2,1-3H3. The average molecular weight is 280 g/mol. The highest BCUT2D eigenvalue weighted by Gasteiger charge is 2.17. The minimum atomic E-state index is 0.507. The second-order valence-corrected chi connectivity index (χ2v) is 4.98. The number of nitrogens with zero attached hydrogens (tertiary/aromatic N) is 1. The molecule has 0 saturated carbocycles. The number of benzene rings is 1. The Morgan fingerprint density at radius 1 is 1.25 bits per heavy atom. The summed E-state index contributed by atoms with van der Waals surface area (Å²) in [4.78, 5) is 2.36. The van der Waals surface area contributed by atoms with Gasteiger partial charge < -0.3 is 24.4 Å². The van der Waals surface area contributed by atoms with Crippen molar-refractivity contribution >= 4 is 5.69 Å². The molecule has 5 nitrogen and oxygen atoms in total. The molecule has 1 atom stereocenters. The number of piperazine rings is 1. The van der Waals surface area contributed by atoms with E-state index in [0.717, 1.165) is 31.1 Å². The molecule has 1 fully saturated rings. The van der Waals surface area contributed by atoms with Gasteiger partial charge >= 0.3 is 0 Å². The van der Waals surface area contributed by atoms with Crippen LogP contribution in [-0.2, 0) is 4.74 Å². The molecule has 0 bridgehead atoms. The summed E-state index contributed by atoms with van der Waals surface area (Å²) in [6.45, 7) is 6.32. The molecule has 1 N–H and O–H groups in total. The second-order valence-electron chi connectivity index (χ2n) is 4.98. The van der Waals surface area contributed by atoms with Crippen LogP contribution in [0.4, 0.5) is 5.69 Å². The maximum absolute atomic E-state index is 5.65. The Morgan fingerprint density at radius 2 is 2.10 bits per heavy atom. The molecule has 1 aliphatic heterocycles. The van der Waals surface area contributed by atoms with Crippen molar-refractivity contribution in [2.45, 2.75) is 13.0 Å². The minimum absolute atomic E-state index is 0.507. The Balaban J connectivity index is 2.07. The van der Waals surface area contributed by atoms with Crippen molar-refractivity contribution in [3.8, 4) is 11.5 Å². The summed E-state index contributed by atoms with van der Waals surface area (Å²) >= 11 is 0. The summed E-state index contributed by atoms with van der Waals surface area (Å²) < 4.78 is 16.1. The first-order valence-corrected chi connectivity index (χ1v) is 7.02. The van der Waals surface area contributed by atoms with Crippen LogP contribution in [0, 0.1) is 0 Å². The van der Waals surface area contributed by atoms with Gasteiger partial charge in [0.25, 0.3) is 0 Å². The predicted molar refractivity (Wildman–Crippen MR) is 80.0 cm³/mol. The summed E-state index contributed by atoms with van der Waals surface area (Å²) in [5.74, 6) is 1.53. The number of methoxy groups -OCH3 is 2. The van der Waals surface area contributed by atoms with Crippen molar-refractivity contribution in [1.82, 2.24) is 5.32 Å². The number of hydrogen-bond donors (Lipinski definition) is 1. The lowest BCUT2D eigenvalue weighted by Gasteiger charge is -2.33. The SMILES string of the molecule is COCCOc1ccc(N2CCNC(C)C2)cc1OC. The molecule has 112 valence electrons. The molecule has 1 unspecified atom stereocenters. The quantitative estimate of drug-likeness (QED) is 0.800. The smallest absolute Gasteiger partial charge is 0.162 e. The molecule has 1 heterocycles. The molecular weight excluding hydrogens is 256 g/mol. The maximum atomic E-state index is 5.65. The Hall–Kier alpha value is -1.46. The second kappa shape index (κ2) is 7.36. The molecule has 2 rings (SSSR count). The lowest BCUT2D eigenvalue weighted by molar-refractivity contribution is 0.144. The summed E-state index contributed by atoms with van der Waals surface area (Å²) in [6, 6.07) is 6.60. The largest absolute Gasteiger partial charge is 0.493 e. The van der Waals surface area contributed by atoms with E-state index in [1.165, 1.54) is 5.69 Å². The van der Waals surface area contributed by atoms with E-state index >= 15 is 0 Å². The monoisotopic (exact) mass is 280 g/mol. The van der Waals surface area contributed by atoms with Gasteiger partial charge in [-0.1, -0.05) is 0 Å². The van der Waals surface area contributed by atoms with Crippen LogP contribution in [-0.4, -0.2) is 53.1 Å². The molecule has 20 heavy (non-hydrogen) atoms. The van der Waals surface area contributed by atoms with E-state index in [9.17, 15) is 0 Å². The van der Waals surface area contributed by atoms with E-state index < -0.39 is 0 Å². The molecule has 0 amide bonds. The first-order valence-electron chi connectivity index (χ1n) is 7.02. The molecule has 0 radical (unpaired) electrons. The molecule has 5 heteroatoms.